The largest absolute Gasteiger partial charge is 0.486 e. The molecule has 5 heteroatoms. The summed E-state index contributed by atoms with van der Waals surface area (Å²) in [5.41, 5.74) is 4.14. The molecule has 1 aliphatic heterocycles. The minimum Gasteiger partial charge on any atom is -0.486 e. The number of nitrogens with one attached hydrogen (secondary N) is 1. The van der Waals surface area contributed by atoms with Crippen molar-refractivity contribution in [2.75, 3.05) is 5.32 Å². The van der Waals surface area contributed by atoms with Crippen LogP contribution in [0.15, 0.2) is 34.7 Å². The van der Waals surface area contributed by atoms with Gasteiger partial charge in [0.1, 0.15) is 16.9 Å². The van der Waals surface area contributed by atoms with E-state index < -0.39 is 0 Å². The fourth-order valence-electron chi connectivity index (χ4n) is 5.30. The van der Waals surface area contributed by atoms with Crippen molar-refractivity contribution >= 4 is 28.3 Å². The summed E-state index contributed by atoms with van der Waals surface area (Å²) in [6.45, 7) is 8.02. The second kappa shape index (κ2) is 7.51. The van der Waals surface area contributed by atoms with Crippen molar-refractivity contribution in [3.63, 3.8) is 0 Å². The number of ether oxygens (including phenoxy) is 1. The lowest BCUT2D eigenvalue weighted by Gasteiger charge is -2.42. The van der Waals surface area contributed by atoms with Gasteiger partial charge in [0.05, 0.1) is 12.0 Å². The molecule has 1 N–H and O–H groups in total. The Morgan fingerprint density at radius 3 is 2.44 bits per heavy atom. The lowest BCUT2D eigenvalue weighted by Crippen LogP contribution is -2.44. The summed E-state index contributed by atoms with van der Waals surface area (Å²) >= 11 is 0. The number of Topliss-reactive ketones (excluding diaryl/α,β-unsaturated/α-hetero) is 1. The van der Waals surface area contributed by atoms with E-state index in [4.69, 9.17) is 9.15 Å². The van der Waals surface area contributed by atoms with Crippen molar-refractivity contribution < 1.29 is 18.7 Å². The summed E-state index contributed by atoms with van der Waals surface area (Å²) in [6.07, 6.45) is 4.37. The summed E-state index contributed by atoms with van der Waals surface area (Å²) < 4.78 is 12.4. The highest BCUT2D eigenvalue weighted by Gasteiger charge is 2.43. The number of aryl methyl sites for hydroxylation is 3. The van der Waals surface area contributed by atoms with Crippen LogP contribution in [0.1, 0.15) is 76.6 Å². The fraction of sp³-hybridized carbons (Fsp3) is 0.407. The van der Waals surface area contributed by atoms with E-state index in [0.717, 1.165) is 42.5 Å². The van der Waals surface area contributed by atoms with Crippen molar-refractivity contribution in [3.8, 4) is 5.75 Å². The number of rotatable bonds is 2. The first kappa shape index (κ1) is 20.8. The first-order valence-electron chi connectivity index (χ1n) is 11.4. The number of ketones is 1. The van der Waals surface area contributed by atoms with E-state index in [1.807, 2.05) is 51.1 Å². The van der Waals surface area contributed by atoms with Crippen LogP contribution in [0.3, 0.4) is 0 Å². The van der Waals surface area contributed by atoms with Crippen LogP contribution in [-0.4, -0.2) is 17.3 Å². The normalized spacial score (nSPS) is 22.6. The number of fused-ring (bicyclic) bond motifs is 3. The van der Waals surface area contributed by atoms with Gasteiger partial charge in [-0.15, -0.1) is 0 Å². The smallest absolute Gasteiger partial charge is 0.291 e. The number of hydrogen-bond acceptors (Lipinski definition) is 4. The molecule has 5 rings (SSSR count). The van der Waals surface area contributed by atoms with Crippen LogP contribution in [0.25, 0.3) is 11.0 Å². The maximum absolute atomic E-state index is 13.3. The highest BCUT2D eigenvalue weighted by molar-refractivity contribution is 6.15. The topological polar surface area (TPSA) is 68.5 Å². The molecule has 5 nitrogen and oxygen atoms in total. The Bertz CT molecular complexity index is 1220. The molecular weight excluding hydrogens is 402 g/mol. The summed E-state index contributed by atoms with van der Waals surface area (Å²) in [5.74, 6) is 1.30. The second-order valence-electron chi connectivity index (χ2n) is 9.66. The maximum Gasteiger partial charge on any atom is 0.291 e. The molecule has 1 fully saturated rings. The van der Waals surface area contributed by atoms with Crippen LogP contribution in [0.4, 0.5) is 5.69 Å². The van der Waals surface area contributed by atoms with Crippen molar-refractivity contribution in [2.24, 2.45) is 5.92 Å². The third kappa shape index (κ3) is 3.31. The van der Waals surface area contributed by atoms with E-state index in [9.17, 15) is 9.59 Å². The van der Waals surface area contributed by atoms with E-state index in [-0.39, 0.29) is 23.1 Å². The maximum atomic E-state index is 13.3. The Kier molecular flexibility index (Phi) is 4.88. The number of hydrogen-bond donors (Lipinski definition) is 1. The third-order valence-electron chi connectivity index (χ3n) is 7.26. The van der Waals surface area contributed by atoms with Gasteiger partial charge in [-0.2, -0.15) is 0 Å². The average molecular weight is 432 g/mol. The molecule has 0 unspecified atom stereocenters. The number of carbonyl (C=O) groups is 2. The van der Waals surface area contributed by atoms with Gasteiger partial charge >= 0.3 is 0 Å². The van der Waals surface area contributed by atoms with Crippen molar-refractivity contribution in [1.29, 1.82) is 0 Å². The van der Waals surface area contributed by atoms with E-state index in [2.05, 4.69) is 12.2 Å². The van der Waals surface area contributed by atoms with Crippen molar-refractivity contribution in [3.05, 3.63) is 58.3 Å². The quantitative estimate of drug-likeness (QED) is 0.501. The highest BCUT2D eigenvalue weighted by atomic mass is 16.5. The van der Waals surface area contributed by atoms with E-state index >= 15 is 0 Å². The molecular formula is C27H29NO4. The minimum atomic E-state index is -0.384. The minimum absolute atomic E-state index is 0.0806. The van der Waals surface area contributed by atoms with E-state index in [0.29, 0.717) is 40.2 Å². The van der Waals surface area contributed by atoms with Crippen LogP contribution in [0.5, 0.6) is 5.75 Å². The molecule has 0 saturated heterocycles. The number of carbonyl (C=O) groups excluding carboxylic acids is 2. The zero-order valence-electron chi connectivity index (χ0n) is 19.1. The van der Waals surface area contributed by atoms with Gasteiger partial charge in [-0.1, -0.05) is 25.1 Å². The molecule has 1 saturated carbocycles. The Morgan fingerprint density at radius 2 is 1.75 bits per heavy atom. The Balaban J connectivity index is 1.52. The molecule has 166 valence electrons. The van der Waals surface area contributed by atoms with Crippen LogP contribution in [0, 0.1) is 26.7 Å². The number of para-hydroxylation sites is 1. The van der Waals surface area contributed by atoms with Gasteiger partial charge in [0.2, 0.25) is 0 Å². The Morgan fingerprint density at radius 1 is 1.06 bits per heavy atom. The van der Waals surface area contributed by atoms with Gasteiger partial charge in [0, 0.05) is 16.6 Å². The fourth-order valence-corrected chi connectivity index (χ4v) is 5.30. The molecule has 1 aliphatic carbocycles. The summed E-state index contributed by atoms with van der Waals surface area (Å²) in [6, 6.07) is 9.52. The van der Waals surface area contributed by atoms with E-state index in [1.165, 1.54) is 0 Å². The summed E-state index contributed by atoms with van der Waals surface area (Å²) in [5, 5.41) is 3.68. The number of benzene rings is 2. The van der Waals surface area contributed by atoms with Gasteiger partial charge in [0.25, 0.3) is 5.91 Å². The Hall–Kier alpha value is -3.08. The third-order valence-corrected chi connectivity index (χ3v) is 7.26. The molecule has 32 heavy (non-hydrogen) atoms. The number of furan rings is 1. The second-order valence-corrected chi connectivity index (χ2v) is 9.66. The van der Waals surface area contributed by atoms with Crippen molar-refractivity contribution in [1.82, 2.24) is 0 Å². The highest BCUT2D eigenvalue weighted by Crippen LogP contribution is 2.46. The standard InChI is InChI=1S/C27H29NO4/c1-15-10-12-27(13-11-15)14-19(29)23-21(32-27)9-8-20-22(23)18(4)25(31-20)26(30)28-24-16(2)6-5-7-17(24)3/h5-9,15H,10-14H2,1-4H3,(H,28,30). The first-order valence-corrected chi connectivity index (χ1v) is 11.4. The lowest BCUT2D eigenvalue weighted by molar-refractivity contribution is 0.00430. The molecule has 1 aromatic heterocycles. The first-order chi connectivity index (χ1) is 15.3. The van der Waals surface area contributed by atoms with Gasteiger partial charge in [-0.05, 0) is 75.6 Å². The molecule has 1 spiro atoms. The zero-order chi connectivity index (χ0) is 22.6. The monoisotopic (exact) mass is 431 g/mol. The predicted molar refractivity (Wildman–Crippen MR) is 125 cm³/mol. The van der Waals surface area contributed by atoms with Gasteiger partial charge < -0.3 is 14.5 Å². The average Bonchev–Trinajstić information content (AvgIpc) is 3.09. The molecule has 0 atom stereocenters. The van der Waals surface area contributed by atoms with Crippen LogP contribution in [0.2, 0.25) is 0 Å². The predicted octanol–water partition coefficient (Wildman–Crippen LogP) is 6.52. The molecule has 0 bridgehead atoms. The molecule has 1 amide bonds. The molecule has 3 aromatic rings. The summed E-state index contributed by atoms with van der Waals surface area (Å²) in [4.78, 5) is 26.5. The molecule has 2 aromatic carbocycles. The molecule has 2 aliphatic rings. The SMILES string of the molecule is Cc1cccc(C)c1NC(=O)c1oc2ccc3c(c2c1C)C(=O)CC1(CCC(C)CC1)O3. The number of anilines is 1. The van der Waals surface area contributed by atoms with Gasteiger partial charge in [-0.25, -0.2) is 0 Å². The molecule has 0 radical (unpaired) electrons. The molecule has 2 heterocycles. The van der Waals surface area contributed by atoms with Crippen LogP contribution in [-0.2, 0) is 0 Å². The summed E-state index contributed by atoms with van der Waals surface area (Å²) in [7, 11) is 0. The van der Waals surface area contributed by atoms with Crippen LogP contribution >= 0.6 is 0 Å². The number of amides is 1. The lowest BCUT2D eigenvalue weighted by atomic mass is 9.74. The van der Waals surface area contributed by atoms with Crippen LogP contribution < -0.4 is 10.1 Å². The van der Waals surface area contributed by atoms with Crippen molar-refractivity contribution in [2.45, 2.75) is 65.4 Å². The van der Waals surface area contributed by atoms with Gasteiger partial charge in [0.15, 0.2) is 11.5 Å². The van der Waals surface area contributed by atoms with Gasteiger partial charge in [-0.3, -0.25) is 9.59 Å². The Labute approximate surface area is 188 Å². The zero-order valence-corrected chi connectivity index (χ0v) is 19.1. The van der Waals surface area contributed by atoms with E-state index in [1.54, 1.807) is 0 Å².